The van der Waals surface area contributed by atoms with Crippen LogP contribution in [0.4, 0.5) is 0 Å². The Balaban J connectivity index is 1.46. The molecule has 3 rings (SSSR count). The number of amides is 1. The summed E-state index contributed by atoms with van der Waals surface area (Å²) in [6.07, 6.45) is 1.49. The average molecular weight is 467 g/mol. The van der Waals surface area contributed by atoms with Gasteiger partial charge < -0.3 is 9.47 Å². The Morgan fingerprint density at radius 2 is 1.73 bits per heavy atom. The zero-order chi connectivity index (χ0) is 21.3. The SMILES string of the molecule is Cc1ccc(C(=O)Oc2ccc(C=NNC(=O)COc3cccc(Br)c3)cc2)cc1. The van der Waals surface area contributed by atoms with E-state index in [0.29, 0.717) is 17.1 Å². The summed E-state index contributed by atoms with van der Waals surface area (Å²) in [7, 11) is 0. The Bertz CT molecular complexity index is 1050. The number of nitrogens with zero attached hydrogens (tertiary/aromatic N) is 1. The second kappa shape index (κ2) is 10.4. The third kappa shape index (κ3) is 6.56. The summed E-state index contributed by atoms with van der Waals surface area (Å²) < 4.78 is 11.6. The molecule has 3 aromatic carbocycles. The molecule has 0 aliphatic carbocycles. The molecule has 0 atom stereocenters. The molecule has 0 saturated carbocycles. The number of carbonyl (C=O) groups excluding carboxylic acids is 2. The first-order valence-electron chi connectivity index (χ1n) is 9.09. The van der Waals surface area contributed by atoms with Crippen LogP contribution in [-0.4, -0.2) is 24.7 Å². The number of halogens is 1. The van der Waals surface area contributed by atoms with E-state index < -0.39 is 5.97 Å². The maximum absolute atomic E-state index is 12.1. The van der Waals surface area contributed by atoms with Crippen LogP contribution in [0.3, 0.4) is 0 Å². The lowest BCUT2D eigenvalue weighted by molar-refractivity contribution is -0.123. The van der Waals surface area contributed by atoms with Gasteiger partial charge in [0.25, 0.3) is 5.91 Å². The third-order valence-corrected chi connectivity index (χ3v) is 4.44. The van der Waals surface area contributed by atoms with Gasteiger partial charge in [-0.2, -0.15) is 5.10 Å². The maximum atomic E-state index is 12.1. The molecule has 0 fully saturated rings. The quantitative estimate of drug-likeness (QED) is 0.240. The summed E-state index contributed by atoms with van der Waals surface area (Å²) in [6, 6.07) is 21.1. The molecule has 0 heterocycles. The maximum Gasteiger partial charge on any atom is 0.343 e. The van der Waals surface area contributed by atoms with Crippen LogP contribution >= 0.6 is 15.9 Å². The number of hydrogen-bond donors (Lipinski definition) is 1. The minimum absolute atomic E-state index is 0.151. The van der Waals surface area contributed by atoms with Gasteiger partial charge in [-0.05, 0) is 67.1 Å². The number of rotatable bonds is 7. The topological polar surface area (TPSA) is 77.0 Å². The van der Waals surface area contributed by atoms with Crippen molar-refractivity contribution in [1.82, 2.24) is 5.43 Å². The highest BCUT2D eigenvalue weighted by Gasteiger charge is 2.08. The van der Waals surface area contributed by atoms with Crippen LogP contribution in [0.15, 0.2) is 82.4 Å². The fraction of sp³-hybridized carbons (Fsp3) is 0.0870. The molecule has 0 aromatic heterocycles. The highest BCUT2D eigenvalue weighted by molar-refractivity contribution is 9.10. The predicted octanol–water partition coefficient (Wildman–Crippen LogP) is 4.51. The summed E-state index contributed by atoms with van der Waals surface area (Å²) in [4.78, 5) is 23.9. The highest BCUT2D eigenvalue weighted by Crippen LogP contribution is 2.17. The van der Waals surface area contributed by atoms with Crippen molar-refractivity contribution in [2.24, 2.45) is 5.10 Å². The van der Waals surface area contributed by atoms with Crippen molar-refractivity contribution in [2.75, 3.05) is 6.61 Å². The Hall–Kier alpha value is -3.45. The smallest absolute Gasteiger partial charge is 0.343 e. The summed E-state index contributed by atoms with van der Waals surface area (Å²) in [5, 5.41) is 3.90. The lowest BCUT2D eigenvalue weighted by atomic mass is 10.1. The second-order valence-electron chi connectivity index (χ2n) is 6.36. The first kappa shape index (κ1) is 21.3. The van der Waals surface area contributed by atoms with Crippen LogP contribution in [0.25, 0.3) is 0 Å². The van der Waals surface area contributed by atoms with Crippen molar-refractivity contribution >= 4 is 34.0 Å². The van der Waals surface area contributed by atoms with Crippen molar-refractivity contribution in [3.63, 3.8) is 0 Å². The van der Waals surface area contributed by atoms with E-state index in [0.717, 1.165) is 15.6 Å². The van der Waals surface area contributed by atoms with Crippen LogP contribution in [0.1, 0.15) is 21.5 Å². The Morgan fingerprint density at radius 3 is 2.43 bits per heavy atom. The van der Waals surface area contributed by atoms with Crippen molar-refractivity contribution < 1.29 is 19.1 Å². The van der Waals surface area contributed by atoms with Crippen LogP contribution in [0.2, 0.25) is 0 Å². The normalized spacial score (nSPS) is 10.6. The van der Waals surface area contributed by atoms with Gasteiger partial charge in [-0.1, -0.05) is 39.7 Å². The Labute approximate surface area is 182 Å². The number of benzene rings is 3. The number of nitrogens with one attached hydrogen (secondary N) is 1. The summed E-state index contributed by atoms with van der Waals surface area (Å²) >= 11 is 3.34. The highest BCUT2D eigenvalue weighted by atomic mass is 79.9. The Morgan fingerprint density at radius 1 is 1.00 bits per heavy atom. The van der Waals surface area contributed by atoms with Gasteiger partial charge in [0, 0.05) is 4.47 Å². The molecule has 152 valence electrons. The van der Waals surface area contributed by atoms with Crippen molar-refractivity contribution in [2.45, 2.75) is 6.92 Å². The minimum Gasteiger partial charge on any atom is -0.484 e. The van der Waals surface area contributed by atoms with Crippen molar-refractivity contribution in [3.8, 4) is 11.5 Å². The van der Waals surface area contributed by atoms with Gasteiger partial charge in [-0.25, -0.2) is 10.2 Å². The lowest BCUT2D eigenvalue weighted by Crippen LogP contribution is -2.24. The summed E-state index contributed by atoms with van der Waals surface area (Å²) in [6.45, 7) is 1.80. The standard InChI is InChI=1S/C23H19BrN2O4/c1-16-5-9-18(10-6-16)23(28)30-20-11-7-17(8-12-20)14-25-26-22(27)15-29-21-4-2-3-19(24)13-21/h2-14H,15H2,1H3,(H,26,27). The fourth-order valence-corrected chi connectivity index (χ4v) is 2.77. The van der Waals surface area contributed by atoms with Gasteiger partial charge in [-0.3, -0.25) is 4.79 Å². The van der Waals surface area contributed by atoms with Crippen LogP contribution < -0.4 is 14.9 Å². The lowest BCUT2D eigenvalue weighted by Gasteiger charge is -2.05. The second-order valence-corrected chi connectivity index (χ2v) is 7.28. The van der Waals surface area contributed by atoms with Gasteiger partial charge in [0.2, 0.25) is 0 Å². The molecule has 0 aliphatic heterocycles. The molecule has 3 aromatic rings. The van der Waals surface area contributed by atoms with Crippen LogP contribution in [0, 0.1) is 6.92 Å². The monoisotopic (exact) mass is 466 g/mol. The number of hydrogen-bond acceptors (Lipinski definition) is 5. The molecule has 1 amide bonds. The number of hydrazone groups is 1. The Kier molecular flexibility index (Phi) is 7.34. The molecule has 6 nitrogen and oxygen atoms in total. The van der Waals surface area contributed by atoms with E-state index in [1.54, 1.807) is 48.5 Å². The molecule has 0 saturated heterocycles. The van der Waals surface area contributed by atoms with E-state index in [2.05, 4.69) is 26.5 Å². The minimum atomic E-state index is -0.422. The van der Waals surface area contributed by atoms with E-state index >= 15 is 0 Å². The van der Waals surface area contributed by atoms with E-state index in [1.807, 2.05) is 31.2 Å². The largest absolute Gasteiger partial charge is 0.484 e. The number of esters is 1. The molecule has 0 unspecified atom stereocenters. The zero-order valence-corrected chi connectivity index (χ0v) is 17.8. The van der Waals surface area contributed by atoms with Crippen LogP contribution in [-0.2, 0) is 4.79 Å². The van der Waals surface area contributed by atoms with E-state index in [9.17, 15) is 9.59 Å². The predicted molar refractivity (Wildman–Crippen MR) is 118 cm³/mol. The molecular weight excluding hydrogens is 448 g/mol. The van der Waals surface area contributed by atoms with E-state index in [-0.39, 0.29) is 12.5 Å². The third-order valence-electron chi connectivity index (χ3n) is 3.95. The van der Waals surface area contributed by atoms with Gasteiger partial charge in [0.05, 0.1) is 11.8 Å². The summed E-state index contributed by atoms with van der Waals surface area (Å²) in [5.74, 6) is 0.201. The van der Waals surface area contributed by atoms with Crippen LogP contribution in [0.5, 0.6) is 11.5 Å². The fourth-order valence-electron chi connectivity index (χ4n) is 2.39. The first-order valence-corrected chi connectivity index (χ1v) is 9.88. The molecule has 0 bridgehead atoms. The summed E-state index contributed by atoms with van der Waals surface area (Å²) in [5.41, 5.74) is 4.69. The first-order chi connectivity index (χ1) is 14.5. The molecule has 0 aliphatic rings. The molecule has 30 heavy (non-hydrogen) atoms. The van der Waals surface area contributed by atoms with Gasteiger partial charge in [0.1, 0.15) is 11.5 Å². The zero-order valence-electron chi connectivity index (χ0n) is 16.2. The number of ether oxygens (including phenoxy) is 2. The van der Waals surface area contributed by atoms with Gasteiger partial charge in [0.15, 0.2) is 6.61 Å². The number of aryl methyl sites for hydroxylation is 1. The van der Waals surface area contributed by atoms with Crippen molar-refractivity contribution in [1.29, 1.82) is 0 Å². The molecular formula is C23H19BrN2O4. The van der Waals surface area contributed by atoms with Gasteiger partial charge in [-0.15, -0.1) is 0 Å². The molecule has 7 heteroatoms. The number of carbonyl (C=O) groups is 2. The van der Waals surface area contributed by atoms with Gasteiger partial charge >= 0.3 is 5.97 Å². The molecule has 0 spiro atoms. The molecule has 1 N–H and O–H groups in total. The molecule has 0 radical (unpaired) electrons. The van der Waals surface area contributed by atoms with E-state index in [4.69, 9.17) is 9.47 Å². The average Bonchev–Trinajstić information content (AvgIpc) is 2.74. The van der Waals surface area contributed by atoms with Crippen molar-refractivity contribution in [3.05, 3.63) is 94.0 Å². The van der Waals surface area contributed by atoms with E-state index in [1.165, 1.54) is 6.21 Å².